The van der Waals surface area contributed by atoms with Gasteiger partial charge in [-0.05, 0) is 84.9 Å². The van der Waals surface area contributed by atoms with Crippen molar-refractivity contribution in [3.8, 4) is 33.6 Å². The minimum Gasteiger partial charge on any atom is -0.456 e. The van der Waals surface area contributed by atoms with Crippen molar-refractivity contribution >= 4 is 96.7 Å². The minimum absolute atomic E-state index is 0.896. The lowest BCUT2D eigenvalue weighted by Gasteiger charge is -2.18. The first-order chi connectivity index (χ1) is 26.3. The molecule has 0 aliphatic carbocycles. The first kappa shape index (κ1) is 29.0. The van der Waals surface area contributed by atoms with E-state index in [1.165, 1.54) is 74.6 Å². The van der Waals surface area contributed by atoms with Crippen molar-refractivity contribution in [1.29, 1.82) is 0 Å². The highest BCUT2D eigenvalue weighted by molar-refractivity contribution is 7.26. The Hall–Kier alpha value is -6.68. The van der Waals surface area contributed by atoms with Gasteiger partial charge in [-0.2, -0.15) is 0 Å². The highest BCUT2D eigenvalue weighted by Crippen LogP contribution is 2.50. The second kappa shape index (κ2) is 10.9. The molecule has 0 bridgehead atoms. The summed E-state index contributed by atoms with van der Waals surface area (Å²) < 4.78 is 15.6. The van der Waals surface area contributed by atoms with Gasteiger partial charge in [-0.15, -0.1) is 11.3 Å². The maximum absolute atomic E-state index is 6.62. The Morgan fingerprint density at radius 1 is 0.377 bits per heavy atom. The Morgan fingerprint density at radius 3 is 1.85 bits per heavy atom. The summed E-state index contributed by atoms with van der Waals surface area (Å²) in [6.07, 6.45) is 0. The van der Waals surface area contributed by atoms with E-state index in [2.05, 4.69) is 164 Å². The van der Waals surface area contributed by atoms with Gasteiger partial charge in [-0.3, -0.25) is 0 Å². The summed E-state index contributed by atoms with van der Waals surface area (Å²) in [4.78, 5) is 0. The van der Waals surface area contributed by atoms with Crippen LogP contribution in [-0.4, -0.2) is 0 Å². The van der Waals surface area contributed by atoms with E-state index in [0.717, 1.165) is 44.4 Å². The van der Waals surface area contributed by atoms with E-state index in [4.69, 9.17) is 8.83 Å². The van der Waals surface area contributed by atoms with Crippen LogP contribution >= 0.6 is 11.3 Å². The van der Waals surface area contributed by atoms with Crippen molar-refractivity contribution in [2.24, 2.45) is 0 Å². The molecule has 246 valence electrons. The normalized spacial score (nSPS) is 12.2. The van der Waals surface area contributed by atoms with Gasteiger partial charge in [0.25, 0.3) is 0 Å². The molecular formula is C50H28O2S. The molecular weight excluding hydrogens is 665 g/mol. The number of thiophene rings is 1. The van der Waals surface area contributed by atoms with Gasteiger partial charge in [-0.25, -0.2) is 0 Å². The molecule has 0 aliphatic rings. The van der Waals surface area contributed by atoms with Crippen molar-refractivity contribution in [3.05, 3.63) is 170 Å². The third kappa shape index (κ3) is 4.14. The van der Waals surface area contributed by atoms with E-state index >= 15 is 0 Å². The van der Waals surface area contributed by atoms with Crippen LogP contribution in [0.1, 0.15) is 0 Å². The summed E-state index contributed by atoms with van der Waals surface area (Å²) in [5, 5.41) is 13.3. The number of rotatable bonds is 3. The van der Waals surface area contributed by atoms with Gasteiger partial charge < -0.3 is 8.83 Å². The largest absolute Gasteiger partial charge is 0.456 e. The van der Waals surface area contributed by atoms with E-state index in [1.54, 1.807) is 0 Å². The van der Waals surface area contributed by atoms with Crippen LogP contribution in [0.3, 0.4) is 0 Å². The van der Waals surface area contributed by atoms with Crippen LogP contribution in [0.25, 0.3) is 119 Å². The summed E-state index contributed by atoms with van der Waals surface area (Å²) in [5.41, 5.74) is 8.72. The molecule has 0 unspecified atom stereocenters. The summed E-state index contributed by atoms with van der Waals surface area (Å²) in [5.74, 6) is 0.896. The Labute approximate surface area is 307 Å². The number of hydrogen-bond donors (Lipinski definition) is 0. The van der Waals surface area contributed by atoms with Crippen molar-refractivity contribution in [1.82, 2.24) is 0 Å². The summed E-state index contributed by atoms with van der Waals surface area (Å²) in [6, 6.07) is 61.2. The van der Waals surface area contributed by atoms with Crippen LogP contribution in [0.4, 0.5) is 0 Å². The van der Waals surface area contributed by atoms with Gasteiger partial charge in [0.15, 0.2) is 5.58 Å². The SMILES string of the molecule is c1ccc(-c2cc3ccc4c(sc5cccc(-c6c7ccccc7c(-c7ccc8c(c7)oc7ccc9ccccc9c78)c7ccccc67)c54)c3o2)cc1. The van der Waals surface area contributed by atoms with Crippen LogP contribution < -0.4 is 0 Å². The third-order valence-corrected chi connectivity index (χ3v) is 12.2. The molecule has 12 aromatic rings. The maximum Gasteiger partial charge on any atom is 0.152 e. The number of fused-ring (bicyclic) bond motifs is 12. The monoisotopic (exact) mass is 692 g/mol. The number of benzene rings is 9. The van der Waals surface area contributed by atoms with Crippen molar-refractivity contribution in [3.63, 3.8) is 0 Å². The molecule has 3 heteroatoms. The Kier molecular flexibility index (Phi) is 5.96. The molecule has 0 spiro atoms. The molecule has 0 radical (unpaired) electrons. The van der Waals surface area contributed by atoms with Crippen molar-refractivity contribution in [2.45, 2.75) is 0 Å². The Bertz CT molecular complexity index is 3390. The lowest BCUT2D eigenvalue weighted by atomic mass is 9.85. The molecule has 3 heterocycles. The lowest BCUT2D eigenvalue weighted by Crippen LogP contribution is -1.91. The smallest absolute Gasteiger partial charge is 0.152 e. The van der Waals surface area contributed by atoms with Gasteiger partial charge in [0.1, 0.15) is 16.9 Å². The summed E-state index contributed by atoms with van der Waals surface area (Å²) in [7, 11) is 0. The number of furan rings is 2. The molecule has 53 heavy (non-hydrogen) atoms. The summed E-state index contributed by atoms with van der Waals surface area (Å²) >= 11 is 1.82. The first-order valence-corrected chi connectivity index (χ1v) is 18.8. The molecule has 0 amide bonds. The first-order valence-electron chi connectivity index (χ1n) is 18.0. The zero-order chi connectivity index (χ0) is 34.6. The van der Waals surface area contributed by atoms with Crippen LogP contribution in [0, 0.1) is 0 Å². The molecule has 12 rings (SSSR count). The molecule has 0 atom stereocenters. The predicted octanol–water partition coefficient (Wildman–Crippen LogP) is 15.2. The highest BCUT2D eigenvalue weighted by Gasteiger charge is 2.22. The van der Waals surface area contributed by atoms with Crippen LogP contribution in [0.15, 0.2) is 179 Å². The van der Waals surface area contributed by atoms with Crippen LogP contribution in [-0.2, 0) is 0 Å². The molecule has 0 saturated heterocycles. The quantitative estimate of drug-likeness (QED) is 0.172. The Morgan fingerprint density at radius 2 is 1.06 bits per heavy atom. The van der Waals surface area contributed by atoms with Gasteiger partial charge >= 0.3 is 0 Å². The fraction of sp³-hybridized carbons (Fsp3) is 0. The van der Waals surface area contributed by atoms with Crippen molar-refractivity contribution in [2.75, 3.05) is 0 Å². The minimum atomic E-state index is 0.896. The van der Waals surface area contributed by atoms with E-state index in [-0.39, 0.29) is 0 Å². The second-order valence-electron chi connectivity index (χ2n) is 13.9. The maximum atomic E-state index is 6.62. The van der Waals surface area contributed by atoms with Gasteiger partial charge in [-0.1, -0.05) is 140 Å². The zero-order valence-corrected chi connectivity index (χ0v) is 29.2. The summed E-state index contributed by atoms with van der Waals surface area (Å²) in [6.45, 7) is 0. The molecule has 9 aromatic carbocycles. The van der Waals surface area contributed by atoms with E-state index in [9.17, 15) is 0 Å². The second-order valence-corrected chi connectivity index (χ2v) is 15.0. The average Bonchev–Trinajstić information content (AvgIpc) is 3.93. The fourth-order valence-corrected chi connectivity index (χ4v) is 9.98. The van der Waals surface area contributed by atoms with E-state index in [1.807, 2.05) is 17.4 Å². The van der Waals surface area contributed by atoms with Crippen molar-refractivity contribution < 1.29 is 8.83 Å². The average molecular weight is 693 g/mol. The zero-order valence-electron chi connectivity index (χ0n) is 28.4. The third-order valence-electron chi connectivity index (χ3n) is 11.1. The molecule has 3 aromatic heterocycles. The van der Waals surface area contributed by atoms with E-state index < -0.39 is 0 Å². The van der Waals surface area contributed by atoms with E-state index in [0.29, 0.717) is 0 Å². The molecule has 2 nitrogen and oxygen atoms in total. The molecule has 0 aliphatic heterocycles. The Balaban J connectivity index is 1.12. The lowest BCUT2D eigenvalue weighted by molar-refractivity contribution is 0.635. The molecule has 0 fully saturated rings. The van der Waals surface area contributed by atoms with Crippen LogP contribution in [0.2, 0.25) is 0 Å². The van der Waals surface area contributed by atoms with Gasteiger partial charge in [0.2, 0.25) is 0 Å². The number of hydrogen-bond acceptors (Lipinski definition) is 3. The standard InChI is InChI=1S/C50H28O2S/c1-2-12-30(13-3-1)42-28-32-22-25-40-48-39(19-10-20-44(48)53-50(40)49(32)52-42)46-36-17-8-6-15-34(36)45(35-16-7-9-18-37(35)46)31-21-24-38-43(27-31)51-41-26-23-29-11-4-5-14-33(29)47(38)41/h1-28H. The van der Waals surface area contributed by atoms with Crippen LogP contribution in [0.5, 0.6) is 0 Å². The predicted molar refractivity (Wildman–Crippen MR) is 225 cm³/mol. The highest BCUT2D eigenvalue weighted by atomic mass is 32.1. The molecule has 0 N–H and O–H groups in total. The topological polar surface area (TPSA) is 26.3 Å². The molecule has 0 saturated carbocycles. The van der Waals surface area contributed by atoms with Gasteiger partial charge in [0, 0.05) is 37.2 Å². The fourth-order valence-electron chi connectivity index (χ4n) is 8.76. The van der Waals surface area contributed by atoms with Gasteiger partial charge in [0.05, 0.1) is 4.70 Å².